The Labute approximate surface area is 87.3 Å². The predicted octanol–water partition coefficient (Wildman–Crippen LogP) is 3.04. The predicted molar refractivity (Wildman–Crippen MR) is 58.7 cm³/mol. The number of hydrogen-bond donors (Lipinski definition) is 0. The van der Waals surface area contributed by atoms with Gasteiger partial charge in [0.25, 0.3) is 0 Å². The SMILES string of the molecule is C#CCCC1CC(=O)CCC1C(C)C. The van der Waals surface area contributed by atoms with E-state index in [9.17, 15) is 4.79 Å². The van der Waals surface area contributed by atoms with Gasteiger partial charge >= 0.3 is 0 Å². The number of Topliss-reactive ketones (excluding diaryl/α,β-unsaturated/α-hetero) is 1. The molecule has 0 radical (unpaired) electrons. The highest BCUT2D eigenvalue weighted by Gasteiger charge is 2.30. The van der Waals surface area contributed by atoms with Crippen LogP contribution in [0.1, 0.15) is 46.0 Å². The van der Waals surface area contributed by atoms with Gasteiger partial charge in [0.1, 0.15) is 5.78 Å². The van der Waals surface area contributed by atoms with Gasteiger partial charge in [0.05, 0.1) is 0 Å². The fraction of sp³-hybridized carbons (Fsp3) is 0.769. The van der Waals surface area contributed by atoms with Crippen LogP contribution in [-0.4, -0.2) is 5.78 Å². The van der Waals surface area contributed by atoms with E-state index >= 15 is 0 Å². The van der Waals surface area contributed by atoms with Crippen molar-refractivity contribution in [2.75, 3.05) is 0 Å². The normalized spacial score (nSPS) is 27.7. The van der Waals surface area contributed by atoms with Crippen LogP contribution >= 0.6 is 0 Å². The lowest BCUT2D eigenvalue weighted by molar-refractivity contribution is -0.123. The molecule has 0 aromatic rings. The Hall–Kier alpha value is -0.770. The van der Waals surface area contributed by atoms with E-state index in [0.717, 1.165) is 32.1 Å². The summed E-state index contributed by atoms with van der Waals surface area (Å²) in [5.74, 6) is 5.06. The molecule has 1 rings (SSSR count). The monoisotopic (exact) mass is 192 g/mol. The van der Waals surface area contributed by atoms with E-state index < -0.39 is 0 Å². The van der Waals surface area contributed by atoms with Crippen LogP contribution in [0.15, 0.2) is 0 Å². The molecule has 1 nitrogen and oxygen atoms in total. The lowest BCUT2D eigenvalue weighted by Gasteiger charge is -2.33. The van der Waals surface area contributed by atoms with Crippen molar-refractivity contribution < 1.29 is 4.79 Å². The third-order valence-electron chi connectivity index (χ3n) is 3.37. The minimum Gasteiger partial charge on any atom is -0.300 e. The molecule has 2 unspecified atom stereocenters. The molecule has 0 bridgehead atoms. The van der Waals surface area contributed by atoms with E-state index in [1.807, 2.05) is 0 Å². The summed E-state index contributed by atoms with van der Waals surface area (Å²) < 4.78 is 0. The number of hydrogen-bond acceptors (Lipinski definition) is 1. The van der Waals surface area contributed by atoms with Crippen LogP contribution in [0.2, 0.25) is 0 Å². The van der Waals surface area contributed by atoms with Gasteiger partial charge in [-0.1, -0.05) is 13.8 Å². The van der Waals surface area contributed by atoms with E-state index in [0.29, 0.717) is 23.5 Å². The van der Waals surface area contributed by atoms with Gasteiger partial charge in [-0.05, 0) is 30.6 Å². The molecule has 0 saturated heterocycles. The summed E-state index contributed by atoms with van der Waals surface area (Å²) >= 11 is 0. The van der Waals surface area contributed by atoms with Crippen molar-refractivity contribution in [1.82, 2.24) is 0 Å². The van der Waals surface area contributed by atoms with Gasteiger partial charge in [0.15, 0.2) is 0 Å². The summed E-state index contributed by atoms with van der Waals surface area (Å²) in [6.45, 7) is 4.51. The molecule has 1 aliphatic rings. The number of carbonyl (C=O) groups excluding carboxylic acids is 1. The fourth-order valence-corrected chi connectivity index (χ4v) is 2.57. The van der Waals surface area contributed by atoms with Crippen molar-refractivity contribution in [2.45, 2.75) is 46.0 Å². The Bertz CT molecular complexity index is 234. The topological polar surface area (TPSA) is 17.1 Å². The smallest absolute Gasteiger partial charge is 0.133 e. The largest absolute Gasteiger partial charge is 0.300 e. The Morgan fingerprint density at radius 3 is 2.86 bits per heavy atom. The van der Waals surface area contributed by atoms with Crippen molar-refractivity contribution in [3.8, 4) is 12.3 Å². The number of terminal acetylenes is 1. The molecule has 1 fully saturated rings. The Balaban J connectivity index is 2.55. The maximum Gasteiger partial charge on any atom is 0.133 e. The van der Waals surface area contributed by atoms with Crippen molar-refractivity contribution in [3.63, 3.8) is 0 Å². The van der Waals surface area contributed by atoms with Gasteiger partial charge in [-0.25, -0.2) is 0 Å². The Morgan fingerprint density at radius 1 is 1.57 bits per heavy atom. The van der Waals surface area contributed by atoms with Crippen molar-refractivity contribution in [2.24, 2.45) is 17.8 Å². The quantitative estimate of drug-likeness (QED) is 0.628. The van der Waals surface area contributed by atoms with E-state index in [1.54, 1.807) is 0 Å². The molecule has 0 N–H and O–H groups in total. The highest BCUT2D eigenvalue weighted by Crippen LogP contribution is 2.36. The molecule has 0 heterocycles. The number of rotatable bonds is 3. The van der Waals surface area contributed by atoms with Crippen molar-refractivity contribution >= 4 is 5.78 Å². The third kappa shape index (κ3) is 2.87. The lowest BCUT2D eigenvalue weighted by Crippen LogP contribution is -2.28. The maximum atomic E-state index is 11.4. The zero-order valence-electron chi connectivity index (χ0n) is 9.25. The van der Waals surface area contributed by atoms with Crippen molar-refractivity contribution in [1.29, 1.82) is 0 Å². The van der Waals surface area contributed by atoms with Gasteiger partial charge in [-0.3, -0.25) is 4.79 Å². The average molecular weight is 192 g/mol. The van der Waals surface area contributed by atoms with E-state index in [-0.39, 0.29) is 0 Å². The van der Waals surface area contributed by atoms with E-state index in [4.69, 9.17) is 6.42 Å². The average Bonchev–Trinajstić information content (AvgIpc) is 2.14. The molecule has 0 spiro atoms. The van der Waals surface area contributed by atoms with Crippen LogP contribution in [0.3, 0.4) is 0 Å². The molecule has 78 valence electrons. The summed E-state index contributed by atoms with van der Waals surface area (Å²) in [5, 5.41) is 0. The number of carbonyl (C=O) groups is 1. The summed E-state index contributed by atoms with van der Waals surface area (Å²) in [6, 6.07) is 0. The Morgan fingerprint density at radius 2 is 2.29 bits per heavy atom. The van der Waals surface area contributed by atoms with Crippen LogP contribution in [0, 0.1) is 30.1 Å². The van der Waals surface area contributed by atoms with Gasteiger partial charge in [-0.2, -0.15) is 0 Å². The van der Waals surface area contributed by atoms with E-state index in [1.165, 1.54) is 0 Å². The molecule has 14 heavy (non-hydrogen) atoms. The second kappa shape index (κ2) is 5.20. The lowest BCUT2D eigenvalue weighted by atomic mass is 9.71. The molecule has 0 aromatic heterocycles. The minimum atomic E-state index is 0.434. The summed E-state index contributed by atoms with van der Waals surface area (Å²) in [6.07, 6.45) is 9.75. The third-order valence-corrected chi connectivity index (χ3v) is 3.37. The number of ketones is 1. The molecule has 1 heteroatoms. The molecule has 0 aliphatic heterocycles. The Kier molecular flexibility index (Phi) is 4.20. The van der Waals surface area contributed by atoms with Gasteiger partial charge in [-0.15, -0.1) is 12.3 Å². The summed E-state index contributed by atoms with van der Waals surface area (Å²) in [7, 11) is 0. The summed E-state index contributed by atoms with van der Waals surface area (Å²) in [5.41, 5.74) is 0. The van der Waals surface area contributed by atoms with Crippen LogP contribution in [-0.2, 0) is 4.79 Å². The summed E-state index contributed by atoms with van der Waals surface area (Å²) in [4.78, 5) is 11.4. The molecular weight excluding hydrogens is 172 g/mol. The first-order valence-corrected chi connectivity index (χ1v) is 5.60. The van der Waals surface area contributed by atoms with Gasteiger partial charge in [0, 0.05) is 19.3 Å². The zero-order chi connectivity index (χ0) is 10.6. The maximum absolute atomic E-state index is 11.4. The second-order valence-electron chi connectivity index (χ2n) is 4.69. The highest BCUT2D eigenvalue weighted by molar-refractivity contribution is 5.79. The van der Waals surface area contributed by atoms with Gasteiger partial charge < -0.3 is 0 Å². The van der Waals surface area contributed by atoms with Crippen LogP contribution in [0.5, 0.6) is 0 Å². The molecule has 0 aromatic carbocycles. The molecule has 1 saturated carbocycles. The van der Waals surface area contributed by atoms with Crippen LogP contribution < -0.4 is 0 Å². The zero-order valence-corrected chi connectivity index (χ0v) is 9.25. The van der Waals surface area contributed by atoms with Crippen molar-refractivity contribution in [3.05, 3.63) is 0 Å². The van der Waals surface area contributed by atoms with Gasteiger partial charge in [0.2, 0.25) is 0 Å². The van der Waals surface area contributed by atoms with Crippen LogP contribution in [0.4, 0.5) is 0 Å². The molecular formula is C13H20O. The fourth-order valence-electron chi connectivity index (χ4n) is 2.57. The minimum absolute atomic E-state index is 0.434. The molecule has 2 atom stereocenters. The van der Waals surface area contributed by atoms with E-state index in [2.05, 4.69) is 19.8 Å². The molecule has 1 aliphatic carbocycles. The van der Waals surface area contributed by atoms with Crippen LogP contribution in [0.25, 0.3) is 0 Å². The first-order chi connectivity index (χ1) is 6.65. The molecule has 0 amide bonds. The standard InChI is InChI=1S/C13H20O/c1-4-5-6-11-9-12(14)7-8-13(11)10(2)3/h1,10-11,13H,5-9H2,2-3H3. The first kappa shape index (κ1) is 11.3. The second-order valence-corrected chi connectivity index (χ2v) is 4.69. The first-order valence-electron chi connectivity index (χ1n) is 5.60. The highest BCUT2D eigenvalue weighted by atomic mass is 16.1.